The van der Waals surface area contributed by atoms with E-state index < -0.39 is 0 Å². The lowest BCUT2D eigenvalue weighted by molar-refractivity contribution is -0.00170. The molecule has 1 aliphatic rings. The van der Waals surface area contributed by atoms with Crippen LogP contribution in [0.25, 0.3) is 0 Å². The molecule has 0 aromatic carbocycles. The third kappa shape index (κ3) is 4.74. The molecule has 1 saturated heterocycles. The summed E-state index contributed by atoms with van der Waals surface area (Å²) >= 11 is 0. The number of carbonyl (C=O) groups is 1. The minimum Gasteiger partial charge on any atom is -0.464 e. The quantitative estimate of drug-likeness (QED) is 0.865. The summed E-state index contributed by atoms with van der Waals surface area (Å²) in [5, 5.41) is 3.07. The molecule has 2 rings (SSSR count). The van der Waals surface area contributed by atoms with Crippen LogP contribution in [0.1, 0.15) is 51.7 Å². The standard InChI is InChI=1S/C18H30N2O4/c1-6-14-7-8-16(24-14)15-12-23-10-9-20(15)17(21)19-13(2)11-18(3,4)22-5/h7-8,13,15H,6,9-12H2,1-5H3,(H,19,21)/t13-,15-/m0/s1. The van der Waals surface area contributed by atoms with Gasteiger partial charge in [-0.2, -0.15) is 0 Å². The van der Waals surface area contributed by atoms with Crippen molar-refractivity contribution in [3.8, 4) is 0 Å². The monoisotopic (exact) mass is 338 g/mol. The van der Waals surface area contributed by atoms with Crippen molar-refractivity contribution in [1.29, 1.82) is 0 Å². The molecule has 0 unspecified atom stereocenters. The Kier molecular flexibility index (Phi) is 6.29. The maximum atomic E-state index is 12.7. The summed E-state index contributed by atoms with van der Waals surface area (Å²) in [5.74, 6) is 1.71. The number of aryl methyl sites for hydroxylation is 1. The molecule has 1 aromatic rings. The molecular formula is C18H30N2O4. The van der Waals surface area contributed by atoms with Crippen molar-refractivity contribution >= 4 is 6.03 Å². The van der Waals surface area contributed by atoms with E-state index >= 15 is 0 Å². The number of methoxy groups -OCH3 is 1. The zero-order valence-corrected chi connectivity index (χ0v) is 15.4. The van der Waals surface area contributed by atoms with E-state index in [2.05, 4.69) is 5.32 Å². The summed E-state index contributed by atoms with van der Waals surface area (Å²) in [6, 6.07) is 3.65. The van der Waals surface area contributed by atoms with Crippen LogP contribution in [0.3, 0.4) is 0 Å². The van der Waals surface area contributed by atoms with Crippen LogP contribution < -0.4 is 5.32 Å². The molecule has 1 N–H and O–H groups in total. The molecule has 0 bridgehead atoms. The van der Waals surface area contributed by atoms with Crippen LogP contribution >= 0.6 is 0 Å². The normalized spacial score (nSPS) is 20.0. The van der Waals surface area contributed by atoms with E-state index in [0.717, 1.165) is 24.4 Å². The van der Waals surface area contributed by atoms with Crippen LogP contribution in [-0.4, -0.2) is 49.4 Å². The second-order valence-electron chi connectivity index (χ2n) is 6.96. The van der Waals surface area contributed by atoms with Crippen LogP contribution in [-0.2, 0) is 15.9 Å². The maximum Gasteiger partial charge on any atom is 0.318 e. The van der Waals surface area contributed by atoms with Gasteiger partial charge in [-0.1, -0.05) is 6.92 Å². The summed E-state index contributed by atoms with van der Waals surface area (Å²) in [6.45, 7) is 9.63. The molecule has 136 valence electrons. The van der Waals surface area contributed by atoms with Crippen molar-refractivity contribution in [3.63, 3.8) is 0 Å². The first-order valence-electron chi connectivity index (χ1n) is 8.65. The molecule has 0 aliphatic carbocycles. The van der Waals surface area contributed by atoms with Gasteiger partial charge < -0.3 is 24.1 Å². The van der Waals surface area contributed by atoms with Gasteiger partial charge in [0.25, 0.3) is 0 Å². The lowest BCUT2D eigenvalue weighted by Crippen LogP contribution is -2.51. The van der Waals surface area contributed by atoms with Gasteiger partial charge in [-0.25, -0.2) is 4.79 Å². The number of hydrogen-bond donors (Lipinski definition) is 1. The van der Waals surface area contributed by atoms with Crippen molar-refractivity contribution in [1.82, 2.24) is 10.2 Å². The predicted molar refractivity (Wildman–Crippen MR) is 92.1 cm³/mol. The molecule has 6 nitrogen and oxygen atoms in total. The molecule has 24 heavy (non-hydrogen) atoms. The molecular weight excluding hydrogens is 308 g/mol. The number of ether oxygens (including phenoxy) is 2. The van der Waals surface area contributed by atoms with E-state index in [4.69, 9.17) is 13.9 Å². The number of rotatable bonds is 6. The van der Waals surface area contributed by atoms with E-state index in [1.165, 1.54) is 0 Å². The minimum atomic E-state index is -0.270. The number of urea groups is 1. The topological polar surface area (TPSA) is 63.9 Å². The Morgan fingerprint density at radius 1 is 1.50 bits per heavy atom. The summed E-state index contributed by atoms with van der Waals surface area (Å²) in [6.07, 6.45) is 1.58. The van der Waals surface area contributed by atoms with Crippen LogP contribution in [0.15, 0.2) is 16.5 Å². The van der Waals surface area contributed by atoms with Gasteiger partial charge in [0.15, 0.2) is 0 Å². The van der Waals surface area contributed by atoms with Crippen LogP contribution in [0, 0.1) is 0 Å². The number of amides is 2. The Labute approximate surface area is 144 Å². The first-order chi connectivity index (χ1) is 11.4. The Morgan fingerprint density at radius 3 is 2.88 bits per heavy atom. The zero-order chi connectivity index (χ0) is 17.7. The predicted octanol–water partition coefficient (Wildman–Crippen LogP) is 3.13. The van der Waals surface area contributed by atoms with E-state index in [9.17, 15) is 4.79 Å². The van der Waals surface area contributed by atoms with Gasteiger partial charge in [0, 0.05) is 26.1 Å². The summed E-state index contributed by atoms with van der Waals surface area (Å²) in [4.78, 5) is 14.5. The average Bonchev–Trinajstić information content (AvgIpc) is 3.03. The number of morpholine rings is 1. The van der Waals surface area contributed by atoms with Gasteiger partial charge >= 0.3 is 6.03 Å². The van der Waals surface area contributed by atoms with Crippen LogP contribution in [0.2, 0.25) is 0 Å². The SMILES string of the molecule is CCc1ccc([C@@H]2COCCN2C(=O)N[C@@H](C)CC(C)(C)OC)o1. The first kappa shape index (κ1) is 18.8. The Balaban J connectivity index is 2.02. The fourth-order valence-corrected chi connectivity index (χ4v) is 3.01. The number of furan rings is 1. The van der Waals surface area contributed by atoms with Gasteiger partial charge in [0.2, 0.25) is 0 Å². The molecule has 0 spiro atoms. The van der Waals surface area contributed by atoms with Crippen molar-refractivity contribution < 1.29 is 18.7 Å². The number of nitrogens with one attached hydrogen (secondary N) is 1. The second-order valence-corrected chi connectivity index (χ2v) is 6.96. The fraction of sp³-hybridized carbons (Fsp3) is 0.722. The smallest absolute Gasteiger partial charge is 0.318 e. The lowest BCUT2D eigenvalue weighted by Gasteiger charge is -2.36. The third-order valence-corrected chi connectivity index (χ3v) is 4.47. The molecule has 1 aliphatic heterocycles. The fourth-order valence-electron chi connectivity index (χ4n) is 3.01. The van der Waals surface area contributed by atoms with Gasteiger partial charge in [0.1, 0.15) is 17.6 Å². The highest BCUT2D eigenvalue weighted by atomic mass is 16.5. The highest BCUT2D eigenvalue weighted by Crippen LogP contribution is 2.26. The van der Waals surface area contributed by atoms with Crippen molar-refractivity contribution in [3.05, 3.63) is 23.7 Å². The molecule has 1 aromatic heterocycles. The first-order valence-corrected chi connectivity index (χ1v) is 8.65. The molecule has 2 amide bonds. The molecule has 0 radical (unpaired) electrons. The molecule has 6 heteroatoms. The van der Waals surface area contributed by atoms with Gasteiger partial charge in [-0.15, -0.1) is 0 Å². The Hall–Kier alpha value is -1.53. The van der Waals surface area contributed by atoms with Gasteiger partial charge in [0.05, 0.1) is 18.8 Å². The zero-order valence-electron chi connectivity index (χ0n) is 15.4. The minimum absolute atomic E-state index is 0.0127. The summed E-state index contributed by atoms with van der Waals surface area (Å²) in [5.41, 5.74) is -0.270. The maximum absolute atomic E-state index is 12.7. The average molecular weight is 338 g/mol. The van der Waals surface area contributed by atoms with Crippen molar-refractivity contribution in [2.75, 3.05) is 26.9 Å². The van der Waals surface area contributed by atoms with Gasteiger partial charge in [-0.3, -0.25) is 0 Å². The largest absolute Gasteiger partial charge is 0.464 e. The number of carbonyl (C=O) groups excluding carboxylic acids is 1. The van der Waals surface area contributed by atoms with Crippen molar-refractivity contribution in [2.45, 2.75) is 58.2 Å². The lowest BCUT2D eigenvalue weighted by atomic mass is 10.00. The number of nitrogens with zero attached hydrogens (tertiary/aromatic N) is 1. The third-order valence-electron chi connectivity index (χ3n) is 4.47. The van der Waals surface area contributed by atoms with Crippen LogP contribution in [0.5, 0.6) is 0 Å². The Bertz CT molecular complexity index is 541. The molecule has 2 heterocycles. The van der Waals surface area contributed by atoms with E-state index in [0.29, 0.717) is 19.8 Å². The van der Waals surface area contributed by atoms with Crippen molar-refractivity contribution in [2.24, 2.45) is 0 Å². The second kappa shape index (κ2) is 8.03. The van der Waals surface area contributed by atoms with E-state index in [-0.39, 0.29) is 23.7 Å². The van der Waals surface area contributed by atoms with Gasteiger partial charge in [-0.05, 0) is 39.3 Å². The molecule has 0 saturated carbocycles. The summed E-state index contributed by atoms with van der Waals surface area (Å²) in [7, 11) is 1.69. The Morgan fingerprint density at radius 2 is 2.25 bits per heavy atom. The molecule has 2 atom stereocenters. The highest BCUT2D eigenvalue weighted by Gasteiger charge is 2.32. The highest BCUT2D eigenvalue weighted by molar-refractivity contribution is 5.75. The van der Waals surface area contributed by atoms with Crippen LogP contribution in [0.4, 0.5) is 4.79 Å². The van der Waals surface area contributed by atoms with E-state index in [1.54, 1.807) is 12.0 Å². The number of hydrogen-bond acceptors (Lipinski definition) is 4. The molecule has 1 fully saturated rings. The summed E-state index contributed by atoms with van der Waals surface area (Å²) < 4.78 is 16.8. The van der Waals surface area contributed by atoms with E-state index in [1.807, 2.05) is 39.8 Å².